The number of benzene rings is 1. The van der Waals surface area contributed by atoms with Crippen molar-refractivity contribution in [2.24, 2.45) is 0 Å². The monoisotopic (exact) mass is 299 g/mol. The number of likely N-dealkylation sites (tertiary alicyclic amines) is 1. The molecule has 4 nitrogen and oxygen atoms in total. The SMILES string of the molecule is CC[C@@H]1CCCCN1CC(=O)N(CCC#N)c1ccccc1. The third-order valence-corrected chi connectivity index (χ3v) is 4.37. The summed E-state index contributed by atoms with van der Waals surface area (Å²) >= 11 is 0. The first-order chi connectivity index (χ1) is 10.8. The lowest BCUT2D eigenvalue weighted by Crippen LogP contribution is -2.47. The number of carbonyl (C=O) groups is 1. The summed E-state index contributed by atoms with van der Waals surface area (Å²) in [6.07, 6.45) is 5.08. The van der Waals surface area contributed by atoms with E-state index in [1.54, 1.807) is 4.90 Å². The minimum Gasteiger partial charge on any atom is -0.310 e. The summed E-state index contributed by atoms with van der Waals surface area (Å²) in [5.74, 6) is 0.0989. The maximum absolute atomic E-state index is 12.8. The molecule has 0 N–H and O–H groups in total. The number of nitriles is 1. The van der Waals surface area contributed by atoms with Crippen LogP contribution in [0.3, 0.4) is 0 Å². The van der Waals surface area contributed by atoms with Crippen LogP contribution in [0, 0.1) is 11.3 Å². The Hall–Kier alpha value is -1.86. The number of hydrogen-bond donors (Lipinski definition) is 0. The first-order valence-corrected chi connectivity index (χ1v) is 8.22. The van der Waals surface area contributed by atoms with E-state index < -0.39 is 0 Å². The van der Waals surface area contributed by atoms with Crippen LogP contribution in [0.2, 0.25) is 0 Å². The van der Waals surface area contributed by atoms with Crippen molar-refractivity contribution in [2.45, 2.75) is 45.1 Å². The Kier molecular flexibility index (Phi) is 6.42. The van der Waals surface area contributed by atoms with Crippen LogP contribution in [0.15, 0.2) is 30.3 Å². The number of hydrogen-bond acceptors (Lipinski definition) is 3. The summed E-state index contributed by atoms with van der Waals surface area (Å²) in [4.78, 5) is 16.8. The van der Waals surface area contributed by atoms with Gasteiger partial charge in [0.05, 0.1) is 19.0 Å². The van der Waals surface area contributed by atoms with Gasteiger partial charge in [0, 0.05) is 18.3 Å². The molecule has 0 radical (unpaired) electrons. The Bertz CT molecular complexity index is 509. The zero-order valence-electron chi connectivity index (χ0n) is 13.4. The Morgan fingerprint density at radius 2 is 2.14 bits per heavy atom. The molecule has 1 heterocycles. The van der Waals surface area contributed by atoms with Crippen LogP contribution in [-0.4, -0.2) is 36.5 Å². The minimum atomic E-state index is 0.0989. The molecule has 1 amide bonds. The van der Waals surface area contributed by atoms with Crippen LogP contribution >= 0.6 is 0 Å². The molecule has 0 bridgehead atoms. The molecular weight excluding hydrogens is 274 g/mol. The van der Waals surface area contributed by atoms with Gasteiger partial charge >= 0.3 is 0 Å². The Morgan fingerprint density at radius 1 is 1.36 bits per heavy atom. The number of piperidine rings is 1. The quantitative estimate of drug-likeness (QED) is 0.810. The summed E-state index contributed by atoms with van der Waals surface area (Å²) in [6, 6.07) is 12.3. The number of nitrogens with zero attached hydrogens (tertiary/aromatic N) is 3. The molecule has 1 aliphatic rings. The second-order valence-corrected chi connectivity index (χ2v) is 5.82. The van der Waals surface area contributed by atoms with Gasteiger partial charge < -0.3 is 4.90 Å². The summed E-state index contributed by atoms with van der Waals surface area (Å²) in [5, 5.41) is 8.85. The average Bonchev–Trinajstić information content (AvgIpc) is 2.56. The van der Waals surface area contributed by atoms with Crippen LogP contribution < -0.4 is 4.90 Å². The molecule has 0 spiro atoms. The molecule has 1 aliphatic heterocycles. The van der Waals surface area contributed by atoms with Crippen LogP contribution in [-0.2, 0) is 4.79 Å². The van der Waals surface area contributed by atoms with Crippen LogP contribution in [0.5, 0.6) is 0 Å². The van der Waals surface area contributed by atoms with Crippen molar-refractivity contribution in [1.29, 1.82) is 5.26 Å². The van der Waals surface area contributed by atoms with Crippen molar-refractivity contribution in [3.63, 3.8) is 0 Å². The lowest BCUT2D eigenvalue weighted by molar-refractivity contribution is -0.120. The van der Waals surface area contributed by atoms with Gasteiger partial charge in [-0.2, -0.15) is 5.26 Å². The highest BCUT2D eigenvalue weighted by atomic mass is 16.2. The topological polar surface area (TPSA) is 47.3 Å². The third-order valence-electron chi connectivity index (χ3n) is 4.37. The lowest BCUT2D eigenvalue weighted by Gasteiger charge is -2.36. The Balaban J connectivity index is 2.06. The van der Waals surface area contributed by atoms with E-state index in [2.05, 4.69) is 17.9 Å². The zero-order valence-corrected chi connectivity index (χ0v) is 13.4. The van der Waals surface area contributed by atoms with Gasteiger partial charge in [-0.3, -0.25) is 9.69 Å². The summed E-state index contributed by atoms with van der Waals surface area (Å²) in [7, 11) is 0. The number of para-hydroxylation sites is 1. The van der Waals surface area contributed by atoms with Crippen molar-refractivity contribution in [1.82, 2.24) is 4.90 Å². The minimum absolute atomic E-state index is 0.0989. The van der Waals surface area contributed by atoms with Crippen molar-refractivity contribution < 1.29 is 4.79 Å². The van der Waals surface area contributed by atoms with Gasteiger partial charge in [-0.05, 0) is 37.9 Å². The van der Waals surface area contributed by atoms with Gasteiger partial charge in [0.25, 0.3) is 0 Å². The molecule has 22 heavy (non-hydrogen) atoms. The highest BCUT2D eigenvalue weighted by Gasteiger charge is 2.25. The van der Waals surface area contributed by atoms with Crippen LogP contribution in [0.1, 0.15) is 39.0 Å². The Labute approximate surface area is 133 Å². The van der Waals surface area contributed by atoms with E-state index in [4.69, 9.17) is 5.26 Å². The number of anilines is 1. The van der Waals surface area contributed by atoms with Crippen LogP contribution in [0.4, 0.5) is 5.69 Å². The molecule has 0 aliphatic carbocycles. The fourth-order valence-electron chi connectivity index (χ4n) is 3.16. The molecule has 118 valence electrons. The standard InChI is InChI=1S/C18H25N3O/c1-2-16-9-6-7-13-20(16)15-18(22)21(14-8-12-19)17-10-4-3-5-11-17/h3-5,10-11,16H,2,6-9,13-15H2,1H3/t16-/m1/s1. The molecule has 1 aromatic rings. The molecule has 1 saturated heterocycles. The van der Waals surface area contributed by atoms with Crippen molar-refractivity contribution in [3.8, 4) is 6.07 Å². The molecule has 0 saturated carbocycles. The van der Waals surface area contributed by atoms with Crippen molar-refractivity contribution >= 4 is 11.6 Å². The van der Waals surface area contributed by atoms with Crippen molar-refractivity contribution in [2.75, 3.05) is 24.5 Å². The zero-order chi connectivity index (χ0) is 15.8. The predicted octanol–water partition coefficient (Wildman–Crippen LogP) is 3.20. The van der Waals surface area contributed by atoms with Gasteiger partial charge in [-0.25, -0.2) is 0 Å². The predicted molar refractivity (Wildman–Crippen MR) is 88.5 cm³/mol. The first kappa shape index (κ1) is 16.5. The largest absolute Gasteiger partial charge is 0.310 e. The highest BCUT2D eigenvalue weighted by Crippen LogP contribution is 2.20. The number of amides is 1. The lowest BCUT2D eigenvalue weighted by atomic mass is 10.00. The van der Waals surface area contributed by atoms with E-state index in [0.29, 0.717) is 25.6 Å². The Morgan fingerprint density at radius 3 is 2.82 bits per heavy atom. The van der Waals surface area contributed by atoms with Gasteiger partial charge in [-0.15, -0.1) is 0 Å². The fraction of sp³-hybridized carbons (Fsp3) is 0.556. The molecule has 1 atom stereocenters. The number of carbonyl (C=O) groups excluding carboxylic acids is 1. The van der Waals surface area contributed by atoms with Gasteiger partial charge in [-0.1, -0.05) is 31.5 Å². The van der Waals surface area contributed by atoms with E-state index in [1.165, 1.54) is 19.3 Å². The molecule has 2 rings (SSSR count). The average molecular weight is 299 g/mol. The molecule has 1 aromatic carbocycles. The van der Waals surface area contributed by atoms with E-state index in [1.807, 2.05) is 30.3 Å². The van der Waals surface area contributed by atoms with E-state index >= 15 is 0 Å². The van der Waals surface area contributed by atoms with E-state index in [-0.39, 0.29) is 5.91 Å². The van der Waals surface area contributed by atoms with E-state index in [9.17, 15) is 4.79 Å². The molecule has 1 fully saturated rings. The highest BCUT2D eigenvalue weighted by molar-refractivity contribution is 5.94. The second kappa shape index (κ2) is 8.55. The van der Waals surface area contributed by atoms with Gasteiger partial charge in [0.1, 0.15) is 0 Å². The summed E-state index contributed by atoms with van der Waals surface area (Å²) in [5.41, 5.74) is 0.882. The third kappa shape index (κ3) is 4.32. The van der Waals surface area contributed by atoms with Crippen molar-refractivity contribution in [3.05, 3.63) is 30.3 Å². The second-order valence-electron chi connectivity index (χ2n) is 5.82. The summed E-state index contributed by atoms with van der Waals surface area (Å²) in [6.45, 7) is 4.12. The van der Waals surface area contributed by atoms with Crippen LogP contribution in [0.25, 0.3) is 0 Å². The normalized spacial score (nSPS) is 18.6. The van der Waals surface area contributed by atoms with E-state index in [0.717, 1.165) is 18.7 Å². The molecule has 4 heteroatoms. The molecule has 0 unspecified atom stereocenters. The maximum Gasteiger partial charge on any atom is 0.241 e. The number of rotatable bonds is 6. The molecule has 0 aromatic heterocycles. The first-order valence-electron chi connectivity index (χ1n) is 8.22. The summed E-state index contributed by atoms with van der Waals surface area (Å²) < 4.78 is 0. The van der Waals surface area contributed by atoms with Gasteiger partial charge in [0.15, 0.2) is 0 Å². The smallest absolute Gasteiger partial charge is 0.241 e. The maximum atomic E-state index is 12.8. The fourth-order valence-corrected chi connectivity index (χ4v) is 3.16. The van der Waals surface area contributed by atoms with Gasteiger partial charge in [0.2, 0.25) is 5.91 Å². The molecular formula is C18H25N3O.